The van der Waals surface area contributed by atoms with Crippen molar-refractivity contribution in [2.45, 2.75) is 38.8 Å². The topological polar surface area (TPSA) is 98.7 Å². The van der Waals surface area contributed by atoms with Gasteiger partial charge in [0.15, 0.2) is 6.04 Å². The molecular formula is C11H20N2O4. The van der Waals surface area contributed by atoms with E-state index in [4.69, 9.17) is 5.11 Å². The second kappa shape index (κ2) is 5.86. The van der Waals surface area contributed by atoms with Crippen molar-refractivity contribution in [2.75, 3.05) is 6.54 Å². The molecule has 0 heterocycles. The minimum absolute atomic E-state index is 0.413. The first-order valence-corrected chi connectivity index (χ1v) is 5.87. The fraction of sp³-hybridized carbons (Fsp3) is 0.818. The van der Waals surface area contributed by atoms with Crippen molar-refractivity contribution in [3.05, 3.63) is 0 Å². The van der Waals surface area contributed by atoms with Crippen LogP contribution in [0.5, 0.6) is 0 Å². The summed E-state index contributed by atoms with van der Waals surface area (Å²) in [5.41, 5.74) is 0. The molecule has 1 aliphatic carbocycles. The molecule has 0 radical (unpaired) electrons. The highest BCUT2D eigenvalue weighted by Gasteiger charge is 2.29. The van der Waals surface area contributed by atoms with Crippen molar-refractivity contribution in [1.82, 2.24) is 10.6 Å². The summed E-state index contributed by atoms with van der Waals surface area (Å²) in [6.45, 7) is 3.91. The Balaban J connectivity index is 2.29. The molecule has 0 bridgehead atoms. The molecular weight excluding hydrogens is 224 g/mol. The van der Waals surface area contributed by atoms with Crippen molar-refractivity contribution >= 4 is 12.0 Å². The van der Waals surface area contributed by atoms with Gasteiger partial charge in [0.2, 0.25) is 0 Å². The number of carbonyl (C=O) groups is 2. The second-order valence-corrected chi connectivity index (χ2v) is 4.73. The number of hydrogen-bond donors (Lipinski definition) is 4. The monoisotopic (exact) mass is 244 g/mol. The number of hydrogen-bond acceptors (Lipinski definition) is 3. The summed E-state index contributed by atoms with van der Waals surface area (Å²) in [6.07, 6.45) is 1.28. The molecule has 0 aromatic carbocycles. The highest BCUT2D eigenvalue weighted by atomic mass is 16.4. The van der Waals surface area contributed by atoms with Crippen molar-refractivity contribution in [3.63, 3.8) is 0 Å². The van der Waals surface area contributed by atoms with Gasteiger partial charge >= 0.3 is 12.0 Å². The van der Waals surface area contributed by atoms with Crippen LogP contribution in [0.3, 0.4) is 0 Å². The van der Waals surface area contributed by atoms with Crippen LogP contribution in [0.4, 0.5) is 4.79 Å². The smallest absolute Gasteiger partial charge is 0.328 e. The van der Waals surface area contributed by atoms with Gasteiger partial charge in [-0.25, -0.2) is 9.59 Å². The van der Waals surface area contributed by atoms with Crippen LogP contribution in [-0.2, 0) is 4.79 Å². The van der Waals surface area contributed by atoms with Crippen molar-refractivity contribution in [3.8, 4) is 0 Å². The van der Waals surface area contributed by atoms with E-state index >= 15 is 0 Å². The van der Waals surface area contributed by atoms with E-state index in [-0.39, 0.29) is 0 Å². The van der Waals surface area contributed by atoms with Crippen LogP contribution in [0.1, 0.15) is 26.7 Å². The Morgan fingerprint density at radius 3 is 2.35 bits per heavy atom. The van der Waals surface area contributed by atoms with Crippen LogP contribution in [0.2, 0.25) is 0 Å². The fourth-order valence-electron chi connectivity index (χ4n) is 1.67. The van der Waals surface area contributed by atoms with Gasteiger partial charge in [-0.05, 0) is 31.6 Å². The van der Waals surface area contributed by atoms with Gasteiger partial charge < -0.3 is 20.8 Å². The lowest BCUT2D eigenvalue weighted by Gasteiger charge is -2.18. The van der Waals surface area contributed by atoms with Crippen molar-refractivity contribution in [2.24, 2.45) is 11.8 Å². The maximum absolute atomic E-state index is 11.4. The average Bonchev–Trinajstić information content (AvgIpc) is 3.05. The largest absolute Gasteiger partial charge is 0.480 e. The van der Waals surface area contributed by atoms with Crippen LogP contribution >= 0.6 is 0 Å². The van der Waals surface area contributed by atoms with Crippen LogP contribution in [0.25, 0.3) is 0 Å². The number of carboxylic acid groups (broad SMARTS) is 1. The molecule has 4 N–H and O–H groups in total. The minimum Gasteiger partial charge on any atom is -0.480 e. The van der Waals surface area contributed by atoms with E-state index < -0.39 is 24.1 Å². The van der Waals surface area contributed by atoms with Crippen LogP contribution < -0.4 is 10.6 Å². The summed E-state index contributed by atoms with van der Waals surface area (Å²) in [5.74, 6) is -0.150. The number of aliphatic hydroxyl groups is 1. The Hall–Kier alpha value is -1.30. The fourth-order valence-corrected chi connectivity index (χ4v) is 1.67. The van der Waals surface area contributed by atoms with Gasteiger partial charge in [0.25, 0.3) is 0 Å². The molecule has 1 saturated carbocycles. The van der Waals surface area contributed by atoms with Gasteiger partial charge in [-0.3, -0.25) is 0 Å². The Morgan fingerprint density at radius 2 is 1.94 bits per heavy atom. The van der Waals surface area contributed by atoms with E-state index in [0.29, 0.717) is 18.4 Å². The molecule has 3 atom stereocenters. The van der Waals surface area contributed by atoms with Gasteiger partial charge in [-0.2, -0.15) is 0 Å². The quantitative estimate of drug-likeness (QED) is 0.535. The minimum atomic E-state index is -1.27. The van der Waals surface area contributed by atoms with Gasteiger partial charge in [0.1, 0.15) is 0 Å². The Morgan fingerprint density at radius 1 is 1.35 bits per heavy atom. The third-order valence-electron chi connectivity index (χ3n) is 3.05. The maximum atomic E-state index is 11.4. The SMILES string of the molecule is CC(O)C(NC(=O)NCC(C)C1CC1)C(=O)O. The molecule has 0 aromatic rings. The van der Waals surface area contributed by atoms with E-state index in [1.54, 1.807) is 0 Å². The first-order valence-electron chi connectivity index (χ1n) is 5.87. The Kier molecular flexibility index (Phi) is 4.74. The summed E-state index contributed by atoms with van der Waals surface area (Å²) in [6, 6.07) is -1.82. The molecule has 6 nitrogen and oxygen atoms in total. The molecule has 0 spiro atoms. The maximum Gasteiger partial charge on any atom is 0.328 e. The summed E-state index contributed by atoms with van der Waals surface area (Å²) in [4.78, 5) is 22.1. The predicted molar refractivity (Wildman–Crippen MR) is 61.5 cm³/mol. The number of amides is 2. The average molecular weight is 244 g/mol. The van der Waals surface area contributed by atoms with E-state index in [0.717, 1.165) is 0 Å². The van der Waals surface area contributed by atoms with Gasteiger partial charge in [-0.1, -0.05) is 6.92 Å². The van der Waals surface area contributed by atoms with E-state index in [1.807, 2.05) is 0 Å². The predicted octanol–water partition coefficient (Wildman–Crippen LogP) is 0.166. The first kappa shape index (κ1) is 13.8. The van der Waals surface area contributed by atoms with Crippen LogP contribution in [0.15, 0.2) is 0 Å². The molecule has 0 aromatic heterocycles. The normalized spacial score (nSPS) is 20.2. The number of carbonyl (C=O) groups excluding carboxylic acids is 1. The van der Waals surface area contributed by atoms with Gasteiger partial charge in [0.05, 0.1) is 6.10 Å². The lowest BCUT2D eigenvalue weighted by atomic mass is 10.1. The Labute approximate surface area is 100 Å². The van der Waals surface area contributed by atoms with Crippen molar-refractivity contribution in [1.29, 1.82) is 0 Å². The highest BCUT2D eigenvalue weighted by Crippen LogP contribution is 2.35. The molecule has 1 fully saturated rings. The summed E-state index contributed by atoms with van der Waals surface area (Å²) in [5, 5.41) is 22.8. The zero-order valence-corrected chi connectivity index (χ0v) is 10.1. The molecule has 0 saturated heterocycles. The van der Waals surface area contributed by atoms with E-state index in [9.17, 15) is 14.7 Å². The summed E-state index contributed by atoms with van der Waals surface area (Å²) >= 11 is 0. The molecule has 2 amide bonds. The standard InChI is InChI=1S/C11H20N2O4/c1-6(8-3-4-8)5-12-11(17)13-9(7(2)14)10(15)16/h6-9,14H,3-5H2,1-2H3,(H,15,16)(H2,12,13,17). The molecule has 1 aliphatic rings. The summed E-state index contributed by atoms with van der Waals surface area (Å²) in [7, 11) is 0. The van der Waals surface area contributed by atoms with Crippen molar-refractivity contribution < 1.29 is 19.8 Å². The summed E-state index contributed by atoms with van der Waals surface area (Å²) < 4.78 is 0. The number of aliphatic carboxylic acids is 1. The number of nitrogens with one attached hydrogen (secondary N) is 2. The van der Waals surface area contributed by atoms with Gasteiger partial charge in [-0.15, -0.1) is 0 Å². The zero-order valence-electron chi connectivity index (χ0n) is 10.1. The molecule has 6 heteroatoms. The number of carboxylic acids is 1. The molecule has 0 aliphatic heterocycles. The second-order valence-electron chi connectivity index (χ2n) is 4.73. The number of urea groups is 1. The molecule has 98 valence electrons. The molecule has 1 rings (SSSR count). The zero-order chi connectivity index (χ0) is 13.0. The lowest BCUT2D eigenvalue weighted by Crippen LogP contribution is -2.51. The van der Waals surface area contributed by atoms with E-state index in [1.165, 1.54) is 19.8 Å². The Bertz CT molecular complexity index is 289. The van der Waals surface area contributed by atoms with Crippen LogP contribution in [-0.4, -0.2) is 40.9 Å². The number of rotatable bonds is 6. The molecule has 17 heavy (non-hydrogen) atoms. The van der Waals surface area contributed by atoms with Gasteiger partial charge in [0, 0.05) is 6.54 Å². The lowest BCUT2D eigenvalue weighted by molar-refractivity contribution is -0.141. The molecule has 3 unspecified atom stereocenters. The third-order valence-corrected chi connectivity index (χ3v) is 3.05. The van der Waals surface area contributed by atoms with E-state index in [2.05, 4.69) is 17.6 Å². The first-order chi connectivity index (χ1) is 7.91. The van der Waals surface area contributed by atoms with Crippen LogP contribution in [0, 0.1) is 11.8 Å². The number of aliphatic hydroxyl groups excluding tert-OH is 1. The highest BCUT2D eigenvalue weighted by molar-refractivity contribution is 5.82. The third kappa shape index (κ3) is 4.60.